The van der Waals surface area contributed by atoms with Gasteiger partial charge in [0, 0.05) is 33.6 Å². The number of rotatable bonds is 9. The molecule has 1 fully saturated rings. The lowest BCUT2D eigenvalue weighted by Crippen LogP contribution is -2.44. The molecule has 1 aliphatic rings. The van der Waals surface area contributed by atoms with Gasteiger partial charge in [-0.15, -0.1) is 0 Å². The van der Waals surface area contributed by atoms with Gasteiger partial charge in [0.25, 0.3) is 5.91 Å². The smallest absolute Gasteiger partial charge is 0.415 e. The molecular formula is C34H33ClF2N6O6. The van der Waals surface area contributed by atoms with Crippen molar-refractivity contribution in [1.29, 1.82) is 0 Å². The van der Waals surface area contributed by atoms with Crippen molar-refractivity contribution in [1.82, 2.24) is 14.7 Å². The molecule has 1 aliphatic heterocycles. The highest BCUT2D eigenvalue weighted by molar-refractivity contribution is 6.33. The Morgan fingerprint density at radius 1 is 1.10 bits per heavy atom. The maximum Gasteiger partial charge on any atom is 0.415 e. The molecule has 0 unspecified atom stereocenters. The minimum absolute atomic E-state index is 0.0373. The second-order valence-electron chi connectivity index (χ2n) is 12.4. The molecule has 4 amide bonds. The molecule has 4 aromatic rings. The van der Waals surface area contributed by atoms with Crippen LogP contribution in [0.25, 0.3) is 22.0 Å². The number of fused-ring (bicyclic) bond motifs is 1. The Labute approximate surface area is 284 Å². The highest BCUT2D eigenvalue weighted by Gasteiger charge is 2.40. The van der Waals surface area contributed by atoms with Crippen LogP contribution in [0.1, 0.15) is 37.7 Å². The number of carbonyl (C=O) groups excluding carboxylic acids is 5. The maximum atomic E-state index is 16.0. The van der Waals surface area contributed by atoms with Crippen LogP contribution in [-0.4, -0.2) is 75.7 Å². The minimum Gasteiger partial charge on any atom is -0.443 e. The van der Waals surface area contributed by atoms with Gasteiger partial charge in [0.05, 0.1) is 24.3 Å². The predicted octanol–water partition coefficient (Wildman–Crippen LogP) is 5.11. The van der Waals surface area contributed by atoms with Gasteiger partial charge in [0.2, 0.25) is 11.8 Å². The van der Waals surface area contributed by atoms with Crippen LogP contribution in [-0.2, 0) is 25.7 Å². The third-order valence-corrected chi connectivity index (χ3v) is 8.06. The summed E-state index contributed by atoms with van der Waals surface area (Å²) in [6.45, 7) is 3.88. The van der Waals surface area contributed by atoms with Crippen molar-refractivity contribution < 1.29 is 37.5 Å². The van der Waals surface area contributed by atoms with Crippen LogP contribution in [0.15, 0.2) is 60.7 Å². The Balaban J connectivity index is 1.39. The zero-order valence-corrected chi connectivity index (χ0v) is 27.5. The first-order valence-electron chi connectivity index (χ1n) is 15.2. The topological polar surface area (TPSA) is 157 Å². The van der Waals surface area contributed by atoms with E-state index in [2.05, 4.69) is 10.4 Å². The van der Waals surface area contributed by atoms with Crippen LogP contribution in [0.2, 0.25) is 5.02 Å². The Morgan fingerprint density at radius 2 is 1.84 bits per heavy atom. The molecule has 2 heterocycles. The van der Waals surface area contributed by atoms with Gasteiger partial charge in [-0.1, -0.05) is 41.9 Å². The summed E-state index contributed by atoms with van der Waals surface area (Å²) in [5.74, 6) is -3.14. The fraction of sp³-hybridized carbons (Fsp3) is 0.294. The fourth-order valence-corrected chi connectivity index (χ4v) is 5.79. The lowest BCUT2D eigenvalue weighted by atomic mass is 10.0. The minimum atomic E-state index is -1.52. The third kappa shape index (κ3) is 7.54. The summed E-state index contributed by atoms with van der Waals surface area (Å²) in [5.41, 5.74) is 5.05. The molecule has 1 saturated heterocycles. The van der Waals surface area contributed by atoms with Crippen molar-refractivity contribution in [2.45, 2.75) is 51.6 Å². The molecule has 1 aromatic heterocycles. The van der Waals surface area contributed by atoms with Gasteiger partial charge in [-0.3, -0.25) is 24.0 Å². The van der Waals surface area contributed by atoms with E-state index in [0.29, 0.717) is 17.2 Å². The first kappa shape index (κ1) is 35.0. The Morgan fingerprint density at radius 3 is 2.53 bits per heavy atom. The first-order valence-corrected chi connectivity index (χ1v) is 15.6. The summed E-state index contributed by atoms with van der Waals surface area (Å²) in [5, 5.41) is 7.18. The summed E-state index contributed by atoms with van der Waals surface area (Å²) in [4.78, 5) is 65.2. The number of halogens is 3. The number of anilines is 2. The number of aromatic nitrogens is 2. The van der Waals surface area contributed by atoms with Gasteiger partial charge < -0.3 is 25.5 Å². The average molecular weight is 695 g/mol. The van der Waals surface area contributed by atoms with Crippen LogP contribution < -0.4 is 16.0 Å². The van der Waals surface area contributed by atoms with Gasteiger partial charge in [-0.25, -0.2) is 13.6 Å². The SMILES string of the molecule is CC(C)(C)OC(=O)N(CC=O)c1ccc(Cl)c(-c2cccc(NC(=O)[C@@H]3C[C@@H](F)CN3C(=O)Cn3nc(C(N)=O)c4ccccc43)c2F)c1. The van der Waals surface area contributed by atoms with E-state index in [4.69, 9.17) is 22.1 Å². The molecule has 49 heavy (non-hydrogen) atoms. The van der Waals surface area contributed by atoms with Gasteiger partial charge >= 0.3 is 6.09 Å². The Kier molecular flexibility index (Phi) is 9.99. The molecule has 0 bridgehead atoms. The van der Waals surface area contributed by atoms with E-state index >= 15 is 4.39 Å². The van der Waals surface area contributed by atoms with Gasteiger partial charge in [0.1, 0.15) is 30.6 Å². The lowest BCUT2D eigenvalue weighted by Gasteiger charge is -2.26. The average Bonchev–Trinajstić information content (AvgIpc) is 3.61. The number of hydrogen-bond donors (Lipinski definition) is 2. The van der Waals surface area contributed by atoms with Crippen LogP contribution in [0.4, 0.5) is 25.0 Å². The van der Waals surface area contributed by atoms with E-state index in [1.54, 1.807) is 45.0 Å². The molecule has 256 valence electrons. The van der Waals surface area contributed by atoms with Crippen LogP contribution in [0.3, 0.4) is 0 Å². The number of para-hydroxylation sites is 1. The normalized spacial score (nSPS) is 16.0. The number of ether oxygens (including phenoxy) is 1. The molecule has 5 rings (SSSR count). The van der Waals surface area contributed by atoms with E-state index in [1.807, 2.05) is 0 Å². The molecule has 0 aliphatic carbocycles. The molecule has 0 saturated carbocycles. The second-order valence-corrected chi connectivity index (χ2v) is 12.8. The van der Waals surface area contributed by atoms with Crippen LogP contribution in [0.5, 0.6) is 0 Å². The number of hydrogen-bond acceptors (Lipinski definition) is 7. The van der Waals surface area contributed by atoms with Crippen LogP contribution >= 0.6 is 11.6 Å². The summed E-state index contributed by atoms with van der Waals surface area (Å²) < 4.78 is 37.4. The number of alkyl halides is 1. The maximum absolute atomic E-state index is 16.0. The molecule has 3 aromatic carbocycles. The van der Waals surface area contributed by atoms with Crippen molar-refractivity contribution in [3.05, 3.63) is 77.2 Å². The molecule has 0 radical (unpaired) electrons. The number of nitrogens with two attached hydrogens (primary N) is 1. The molecule has 3 N–H and O–H groups in total. The molecule has 2 atom stereocenters. The number of nitrogens with one attached hydrogen (secondary N) is 1. The van der Waals surface area contributed by atoms with Gasteiger partial charge in [0.15, 0.2) is 11.5 Å². The third-order valence-electron chi connectivity index (χ3n) is 7.73. The van der Waals surface area contributed by atoms with Crippen molar-refractivity contribution in [2.24, 2.45) is 5.73 Å². The van der Waals surface area contributed by atoms with Gasteiger partial charge in [-0.05, 0) is 51.1 Å². The van der Waals surface area contributed by atoms with E-state index < -0.39 is 54.0 Å². The van der Waals surface area contributed by atoms with E-state index in [-0.39, 0.29) is 52.7 Å². The van der Waals surface area contributed by atoms with Crippen molar-refractivity contribution in [3.8, 4) is 11.1 Å². The monoisotopic (exact) mass is 694 g/mol. The fourth-order valence-electron chi connectivity index (χ4n) is 5.57. The summed E-state index contributed by atoms with van der Waals surface area (Å²) in [6.07, 6.45) is -2.13. The zero-order valence-electron chi connectivity index (χ0n) is 26.8. The largest absolute Gasteiger partial charge is 0.443 e. The van der Waals surface area contributed by atoms with E-state index in [9.17, 15) is 28.4 Å². The number of carbonyl (C=O) groups is 5. The molecule has 12 nitrogen and oxygen atoms in total. The van der Waals surface area contributed by atoms with Crippen LogP contribution in [0, 0.1) is 5.82 Å². The first-order chi connectivity index (χ1) is 23.2. The van der Waals surface area contributed by atoms with Crippen molar-refractivity contribution in [3.63, 3.8) is 0 Å². The molecule has 0 spiro atoms. The number of likely N-dealkylation sites (tertiary alicyclic amines) is 1. The Bertz CT molecular complexity index is 1960. The van der Waals surface area contributed by atoms with Crippen molar-refractivity contribution in [2.75, 3.05) is 23.3 Å². The number of aldehydes is 1. The van der Waals surface area contributed by atoms with Crippen molar-refractivity contribution >= 4 is 64.0 Å². The van der Waals surface area contributed by atoms with Gasteiger partial charge in [-0.2, -0.15) is 5.10 Å². The highest BCUT2D eigenvalue weighted by atomic mass is 35.5. The summed E-state index contributed by atoms with van der Waals surface area (Å²) in [7, 11) is 0. The summed E-state index contributed by atoms with van der Waals surface area (Å²) >= 11 is 6.45. The van der Waals surface area contributed by atoms with E-state index in [1.165, 1.54) is 41.1 Å². The summed E-state index contributed by atoms with van der Waals surface area (Å²) in [6, 6.07) is 13.8. The second kappa shape index (κ2) is 14.0. The zero-order chi connectivity index (χ0) is 35.6. The number of nitrogens with zero attached hydrogens (tertiary/aromatic N) is 4. The highest BCUT2D eigenvalue weighted by Crippen LogP contribution is 2.36. The number of amides is 4. The molecular weight excluding hydrogens is 662 g/mol. The molecule has 15 heteroatoms. The quantitative estimate of drug-likeness (QED) is 0.231. The standard InChI is InChI=1S/C34H33ClF2N6O6/c1-34(2,3)49-33(48)41(13-14-44)20-11-12-24(35)23(16-20)21-8-6-9-25(29(21)37)39-32(47)27-15-19(36)17-42(27)28(45)18-43-26-10-5-4-7-22(26)30(40-43)31(38)46/h4-12,14,16,19,27H,13,15,17-18H2,1-3H3,(H2,38,46)(H,39,47)/t19-,27+/m1/s1. The predicted molar refractivity (Wildman–Crippen MR) is 178 cm³/mol. The number of benzene rings is 3. The van der Waals surface area contributed by atoms with E-state index in [0.717, 1.165) is 9.80 Å². The Hall–Kier alpha value is -5.37. The lowest BCUT2D eigenvalue weighted by molar-refractivity contribution is -0.137. The number of primary amides is 1.